The number of rotatable bonds is 6. The Morgan fingerprint density at radius 2 is 1.96 bits per heavy atom. The fourth-order valence-corrected chi connectivity index (χ4v) is 2.31. The average molecular weight is 339 g/mol. The summed E-state index contributed by atoms with van der Waals surface area (Å²) in [4.78, 5) is 14.0. The van der Waals surface area contributed by atoms with E-state index in [2.05, 4.69) is 11.4 Å². The standard InChI is InChI=1S/C19H21N3O3/c1-22(2)17-6-5-14-7-13(3-4-15(14)9-17)8-16(10-20)19(25)21-11-18(24)12-23/h3-9,18,23-24H,11-12H2,1-2H3,(H,21,25)/b16-8+. The molecule has 6 heteroatoms. The molecule has 0 heterocycles. The lowest BCUT2D eigenvalue weighted by Crippen LogP contribution is -2.34. The van der Waals surface area contributed by atoms with Crippen molar-refractivity contribution in [2.45, 2.75) is 6.10 Å². The molecule has 0 saturated carbocycles. The van der Waals surface area contributed by atoms with E-state index in [0.717, 1.165) is 22.0 Å². The Hall–Kier alpha value is -2.88. The number of hydrogen-bond acceptors (Lipinski definition) is 5. The van der Waals surface area contributed by atoms with Gasteiger partial charge in [0, 0.05) is 26.3 Å². The monoisotopic (exact) mass is 339 g/mol. The van der Waals surface area contributed by atoms with Crippen LogP contribution < -0.4 is 10.2 Å². The van der Waals surface area contributed by atoms with E-state index in [-0.39, 0.29) is 12.1 Å². The molecule has 0 aliphatic carbocycles. The van der Waals surface area contributed by atoms with Crippen molar-refractivity contribution >= 4 is 28.4 Å². The van der Waals surface area contributed by atoms with Crippen molar-refractivity contribution in [2.75, 3.05) is 32.1 Å². The van der Waals surface area contributed by atoms with Gasteiger partial charge in [-0.1, -0.05) is 18.2 Å². The molecule has 25 heavy (non-hydrogen) atoms. The van der Waals surface area contributed by atoms with E-state index in [1.165, 1.54) is 6.08 Å². The molecule has 0 aromatic heterocycles. The molecule has 0 spiro atoms. The minimum Gasteiger partial charge on any atom is -0.394 e. The number of nitriles is 1. The molecule has 0 bridgehead atoms. The lowest BCUT2D eigenvalue weighted by Gasteiger charge is -2.13. The number of amides is 1. The number of hydrogen-bond donors (Lipinski definition) is 3. The number of fused-ring (bicyclic) bond motifs is 1. The first-order valence-corrected chi connectivity index (χ1v) is 7.84. The van der Waals surface area contributed by atoms with Crippen LogP contribution in [0.3, 0.4) is 0 Å². The molecule has 6 nitrogen and oxygen atoms in total. The molecule has 0 aliphatic rings. The molecular formula is C19H21N3O3. The van der Waals surface area contributed by atoms with E-state index < -0.39 is 18.6 Å². The molecule has 0 saturated heterocycles. The number of nitrogens with one attached hydrogen (secondary N) is 1. The fourth-order valence-electron chi connectivity index (χ4n) is 2.31. The summed E-state index contributed by atoms with van der Waals surface area (Å²) < 4.78 is 0. The Kier molecular flexibility index (Phi) is 6.12. The highest BCUT2D eigenvalue weighted by Gasteiger charge is 2.11. The summed E-state index contributed by atoms with van der Waals surface area (Å²) in [6.07, 6.45) is 0.454. The third-order valence-corrected chi connectivity index (χ3v) is 3.75. The molecule has 1 atom stereocenters. The first-order valence-electron chi connectivity index (χ1n) is 7.84. The van der Waals surface area contributed by atoms with Crippen LogP contribution in [0.25, 0.3) is 16.8 Å². The minimum absolute atomic E-state index is 0.0607. The highest BCUT2D eigenvalue weighted by molar-refractivity contribution is 6.02. The van der Waals surface area contributed by atoms with Crippen LogP contribution in [0, 0.1) is 11.3 Å². The van der Waals surface area contributed by atoms with Crippen molar-refractivity contribution < 1.29 is 15.0 Å². The van der Waals surface area contributed by atoms with Gasteiger partial charge in [0.05, 0.1) is 12.7 Å². The van der Waals surface area contributed by atoms with Crippen LogP contribution in [-0.4, -0.2) is 49.5 Å². The highest BCUT2D eigenvalue weighted by Crippen LogP contribution is 2.23. The molecule has 0 aliphatic heterocycles. The number of anilines is 1. The summed E-state index contributed by atoms with van der Waals surface area (Å²) >= 11 is 0. The number of nitrogens with zero attached hydrogens (tertiary/aromatic N) is 2. The van der Waals surface area contributed by atoms with Gasteiger partial charge >= 0.3 is 0 Å². The molecule has 0 fully saturated rings. The maximum absolute atomic E-state index is 12.0. The first-order chi connectivity index (χ1) is 11.9. The molecule has 2 rings (SSSR count). The van der Waals surface area contributed by atoms with E-state index in [0.29, 0.717) is 0 Å². The van der Waals surface area contributed by atoms with Crippen LogP contribution in [0.1, 0.15) is 5.56 Å². The Labute approximate surface area is 146 Å². The molecule has 1 unspecified atom stereocenters. The Bertz CT molecular complexity index is 837. The Balaban J connectivity index is 2.24. The quantitative estimate of drug-likeness (QED) is 0.544. The van der Waals surface area contributed by atoms with Crippen molar-refractivity contribution in [3.05, 3.63) is 47.5 Å². The zero-order chi connectivity index (χ0) is 18.4. The summed E-state index contributed by atoms with van der Waals surface area (Å²) in [5.74, 6) is -0.585. The molecule has 1 amide bonds. The van der Waals surface area contributed by atoms with E-state index in [1.807, 2.05) is 55.4 Å². The van der Waals surface area contributed by atoms with Gasteiger partial charge in [0.25, 0.3) is 5.91 Å². The van der Waals surface area contributed by atoms with Crippen LogP contribution >= 0.6 is 0 Å². The van der Waals surface area contributed by atoms with Crippen LogP contribution in [0.2, 0.25) is 0 Å². The van der Waals surface area contributed by atoms with Gasteiger partial charge in [-0.05, 0) is 40.6 Å². The second-order valence-electron chi connectivity index (χ2n) is 5.90. The summed E-state index contributed by atoms with van der Waals surface area (Å²) in [6, 6.07) is 13.6. The van der Waals surface area contributed by atoms with Crippen molar-refractivity contribution in [1.29, 1.82) is 5.26 Å². The number of aliphatic hydroxyl groups is 2. The number of carbonyl (C=O) groups is 1. The third kappa shape index (κ3) is 4.80. The van der Waals surface area contributed by atoms with E-state index in [4.69, 9.17) is 5.11 Å². The van der Waals surface area contributed by atoms with Gasteiger partial charge in [0.15, 0.2) is 0 Å². The van der Waals surface area contributed by atoms with Gasteiger partial charge in [0.1, 0.15) is 11.6 Å². The van der Waals surface area contributed by atoms with Gasteiger partial charge in [-0.3, -0.25) is 4.79 Å². The second kappa shape index (κ2) is 8.29. The molecule has 130 valence electrons. The minimum atomic E-state index is -1.05. The van der Waals surface area contributed by atoms with Crippen molar-refractivity contribution in [3.8, 4) is 6.07 Å². The third-order valence-electron chi connectivity index (χ3n) is 3.75. The number of benzene rings is 2. The summed E-state index contributed by atoms with van der Waals surface area (Å²) in [7, 11) is 3.95. The summed E-state index contributed by atoms with van der Waals surface area (Å²) in [5, 5.41) is 31.7. The van der Waals surface area contributed by atoms with Gasteiger partial charge in [0.2, 0.25) is 0 Å². The normalized spacial score (nSPS) is 12.5. The average Bonchev–Trinajstić information content (AvgIpc) is 2.63. The lowest BCUT2D eigenvalue weighted by molar-refractivity contribution is -0.117. The van der Waals surface area contributed by atoms with E-state index >= 15 is 0 Å². The van der Waals surface area contributed by atoms with Gasteiger partial charge in [-0.2, -0.15) is 5.26 Å². The topological polar surface area (TPSA) is 96.6 Å². The fraction of sp³-hybridized carbons (Fsp3) is 0.263. The second-order valence-corrected chi connectivity index (χ2v) is 5.90. The van der Waals surface area contributed by atoms with Gasteiger partial charge in [-0.25, -0.2) is 0 Å². The van der Waals surface area contributed by atoms with Crippen LogP contribution in [-0.2, 0) is 4.79 Å². The molecule has 2 aromatic carbocycles. The van der Waals surface area contributed by atoms with Crippen molar-refractivity contribution in [3.63, 3.8) is 0 Å². The smallest absolute Gasteiger partial charge is 0.262 e. The highest BCUT2D eigenvalue weighted by atomic mass is 16.3. The zero-order valence-electron chi connectivity index (χ0n) is 14.2. The molecule has 3 N–H and O–H groups in total. The maximum atomic E-state index is 12.0. The Morgan fingerprint density at radius 1 is 1.28 bits per heavy atom. The van der Waals surface area contributed by atoms with Gasteiger partial charge < -0.3 is 20.4 Å². The largest absolute Gasteiger partial charge is 0.394 e. The van der Waals surface area contributed by atoms with Gasteiger partial charge in [-0.15, -0.1) is 0 Å². The lowest BCUT2D eigenvalue weighted by atomic mass is 10.0. The molecular weight excluding hydrogens is 318 g/mol. The predicted molar refractivity (Wildman–Crippen MR) is 98.0 cm³/mol. The Morgan fingerprint density at radius 3 is 2.60 bits per heavy atom. The number of aliphatic hydroxyl groups excluding tert-OH is 2. The first kappa shape index (κ1) is 18.5. The van der Waals surface area contributed by atoms with E-state index in [9.17, 15) is 15.2 Å². The maximum Gasteiger partial charge on any atom is 0.262 e. The predicted octanol–water partition coefficient (Wildman–Crippen LogP) is 1.28. The number of carbonyl (C=O) groups excluding carboxylic acids is 1. The van der Waals surface area contributed by atoms with Crippen LogP contribution in [0.15, 0.2) is 42.0 Å². The SMILES string of the molecule is CN(C)c1ccc2cc(/C=C(\C#N)C(=O)NCC(O)CO)ccc2c1. The summed E-state index contributed by atoms with van der Waals surface area (Å²) in [6.45, 7) is -0.565. The van der Waals surface area contributed by atoms with Crippen molar-refractivity contribution in [1.82, 2.24) is 5.32 Å². The van der Waals surface area contributed by atoms with E-state index in [1.54, 1.807) is 0 Å². The molecule has 2 aromatic rings. The van der Waals surface area contributed by atoms with Crippen molar-refractivity contribution in [2.24, 2.45) is 0 Å². The van der Waals surface area contributed by atoms with Crippen LogP contribution in [0.4, 0.5) is 5.69 Å². The van der Waals surface area contributed by atoms with Crippen LogP contribution in [0.5, 0.6) is 0 Å². The molecule has 0 radical (unpaired) electrons. The zero-order valence-corrected chi connectivity index (χ0v) is 14.2. The summed E-state index contributed by atoms with van der Waals surface area (Å²) in [5.41, 5.74) is 1.77.